The summed E-state index contributed by atoms with van der Waals surface area (Å²) >= 11 is 0. The van der Waals surface area contributed by atoms with Crippen molar-refractivity contribution in [3.63, 3.8) is 0 Å². The van der Waals surface area contributed by atoms with E-state index in [0.29, 0.717) is 111 Å². The number of hydrogen-bond donors (Lipinski definition) is 5. The summed E-state index contributed by atoms with van der Waals surface area (Å²) in [4.78, 5) is 76.4. The number of carbonyl (C=O) groups is 4. The van der Waals surface area contributed by atoms with E-state index in [4.69, 9.17) is 29.9 Å². The van der Waals surface area contributed by atoms with Gasteiger partial charge >= 0.3 is 5.97 Å². The summed E-state index contributed by atoms with van der Waals surface area (Å²) in [7, 11) is 0. The molecule has 3 aromatic rings. The Balaban J connectivity index is 1.46. The highest BCUT2D eigenvalue weighted by molar-refractivity contribution is 6.23. The Labute approximate surface area is 360 Å². The van der Waals surface area contributed by atoms with Gasteiger partial charge in [-0.15, -0.1) is 0 Å². The summed E-state index contributed by atoms with van der Waals surface area (Å²) < 4.78 is 16.2. The normalized spacial score (nSPS) is 18.0. The molecule has 0 saturated carbocycles. The second kappa shape index (κ2) is 19.7. The molecule has 4 aliphatic rings. The number of aromatic nitrogens is 4. The largest absolute Gasteiger partial charge is 0.463 e. The van der Waals surface area contributed by atoms with Crippen molar-refractivity contribution in [2.45, 2.75) is 65.7 Å². The van der Waals surface area contributed by atoms with Gasteiger partial charge in [0.15, 0.2) is 0 Å². The number of aliphatic hydroxyl groups is 1. The van der Waals surface area contributed by atoms with E-state index in [1.165, 1.54) is 11.0 Å². The van der Waals surface area contributed by atoms with Crippen molar-refractivity contribution in [1.29, 1.82) is 0 Å². The molecule has 0 radical (unpaired) electrons. The van der Waals surface area contributed by atoms with E-state index in [0.717, 1.165) is 44.7 Å². The zero-order valence-corrected chi connectivity index (χ0v) is 36.3. The van der Waals surface area contributed by atoms with Crippen molar-refractivity contribution in [3.05, 3.63) is 74.9 Å². The van der Waals surface area contributed by atoms with Gasteiger partial charge in [-0.2, -0.15) is 0 Å². The summed E-state index contributed by atoms with van der Waals surface area (Å²) in [6.45, 7) is 14.3. The fourth-order valence-corrected chi connectivity index (χ4v) is 8.78. The van der Waals surface area contributed by atoms with Crippen LogP contribution in [0.15, 0.2) is 24.3 Å². The highest BCUT2D eigenvalue weighted by Crippen LogP contribution is 2.44. The number of nitrogens with one attached hydrogen (secondary N) is 3. The van der Waals surface area contributed by atoms with Crippen LogP contribution in [0.2, 0.25) is 0 Å². The van der Waals surface area contributed by atoms with Gasteiger partial charge in [-0.05, 0) is 80.2 Å². The first-order valence-corrected chi connectivity index (χ1v) is 21.6. The number of allylic oxidation sites excluding steroid dienone is 2. The minimum absolute atomic E-state index is 0.0266. The van der Waals surface area contributed by atoms with Gasteiger partial charge in [0.25, 0.3) is 11.8 Å². The Morgan fingerprint density at radius 1 is 0.968 bits per heavy atom. The fraction of sp³-hybridized carbons (Fsp3) is 0.478. The number of esters is 1. The second-order valence-corrected chi connectivity index (χ2v) is 16.1. The Morgan fingerprint density at radius 2 is 1.71 bits per heavy atom. The first-order chi connectivity index (χ1) is 29.9. The molecular formula is C46H58N8O8. The summed E-state index contributed by atoms with van der Waals surface area (Å²) in [6.07, 6.45) is 4.31. The number of aliphatic hydroxyl groups excluding tert-OH is 1. The van der Waals surface area contributed by atoms with Crippen molar-refractivity contribution in [1.82, 2.24) is 35.1 Å². The quantitative estimate of drug-likeness (QED) is 0.0583. The zero-order chi connectivity index (χ0) is 44.1. The molecule has 1 fully saturated rings. The molecule has 4 aliphatic heterocycles. The second-order valence-electron chi connectivity index (χ2n) is 16.1. The van der Waals surface area contributed by atoms with Crippen molar-refractivity contribution >= 4 is 63.0 Å². The fourth-order valence-electron chi connectivity index (χ4n) is 8.78. The summed E-state index contributed by atoms with van der Waals surface area (Å²) in [5, 5.41) is 12.2. The predicted octanol–water partition coefficient (Wildman–Crippen LogP) is 4.51. The lowest BCUT2D eigenvalue weighted by Crippen LogP contribution is -2.47. The third-order valence-corrected chi connectivity index (χ3v) is 12.3. The lowest BCUT2D eigenvalue weighted by atomic mass is 9.84. The third kappa shape index (κ3) is 9.15. The molecule has 7 heterocycles. The van der Waals surface area contributed by atoms with Gasteiger partial charge in [0.2, 0.25) is 5.91 Å². The van der Waals surface area contributed by atoms with Crippen molar-refractivity contribution < 1.29 is 38.5 Å². The molecule has 62 heavy (non-hydrogen) atoms. The maximum absolute atomic E-state index is 15.0. The number of nitrogens with two attached hydrogens (primary N) is 1. The standard InChI is InChI=1S/C46H58N8O8/c1-6-30-26(2)34-24-38-31(7-9-39(56)48-12-19-60-18-11-47)27(3)33(50-38)23-35-28(4)32(8-10-40(57)62-22-17-55)43(51-35)42-44-41(29(5)36(52-44)25-37(30)49-34)45(58)54(46(42)59)14-13-53-15-20-61-21-16-53/h7,9,23-25,28,32,50,52,55H,6,8,10-22,47H2,1-5H3,(H,48,56)/b9-7+,33-23?,34-24?,35-23?,36-25?,37-25?,38-24?,43-42?/t28-,32-/m0/s1. The molecule has 0 unspecified atom stereocenters. The molecule has 1 saturated heterocycles. The number of nitrogens with zero attached hydrogens (tertiary/aromatic N) is 4. The smallest absolute Gasteiger partial charge is 0.305 e. The SMILES string of the molecule is CCC1=C(C)c2cc3[nH]c(cc4nc(c5c6[nH]c(cc1n2)c(C)c6C(=O)N(CCN1CCOCC1)C5=O)[C@@H](CCC(=O)OCCO)[C@@H]4C)c(C)c3/C=C/C(=O)NCCOCCN. The third-order valence-electron chi connectivity index (χ3n) is 12.3. The number of fused-ring (bicyclic) bond motifs is 8. The first-order valence-electron chi connectivity index (χ1n) is 21.6. The topological polar surface area (TPSA) is 218 Å². The average molecular weight is 851 g/mol. The molecule has 0 aliphatic carbocycles. The van der Waals surface area contributed by atoms with E-state index in [1.807, 2.05) is 45.9 Å². The van der Waals surface area contributed by atoms with Crippen LogP contribution in [0, 0.1) is 13.8 Å². The Hall–Kier alpha value is -5.52. The Morgan fingerprint density at radius 3 is 2.45 bits per heavy atom. The summed E-state index contributed by atoms with van der Waals surface area (Å²) in [6, 6.07) is 5.90. The molecule has 2 atom stereocenters. The van der Waals surface area contributed by atoms with E-state index in [1.54, 1.807) is 6.08 Å². The van der Waals surface area contributed by atoms with Crippen molar-refractivity contribution in [2.75, 3.05) is 78.9 Å². The minimum atomic E-state index is -0.468. The lowest BCUT2D eigenvalue weighted by Gasteiger charge is -2.31. The highest BCUT2D eigenvalue weighted by atomic mass is 16.5. The number of aromatic amines is 2. The van der Waals surface area contributed by atoms with Crippen LogP contribution in [-0.4, -0.2) is 137 Å². The maximum Gasteiger partial charge on any atom is 0.305 e. The Bertz CT molecular complexity index is 2460. The van der Waals surface area contributed by atoms with Crippen LogP contribution in [0.4, 0.5) is 0 Å². The number of rotatable bonds is 16. The van der Waals surface area contributed by atoms with Crippen molar-refractivity contribution in [2.24, 2.45) is 5.73 Å². The molecule has 0 spiro atoms. The van der Waals surface area contributed by atoms with Crippen LogP contribution in [-0.2, 0) is 23.8 Å². The van der Waals surface area contributed by atoms with E-state index in [-0.39, 0.29) is 43.9 Å². The van der Waals surface area contributed by atoms with E-state index < -0.39 is 17.8 Å². The Kier molecular flexibility index (Phi) is 14.1. The minimum Gasteiger partial charge on any atom is -0.463 e. The maximum atomic E-state index is 15.0. The first kappa shape index (κ1) is 44.5. The highest BCUT2D eigenvalue weighted by Gasteiger charge is 2.41. The monoisotopic (exact) mass is 850 g/mol. The molecule has 7 rings (SSSR count). The molecule has 3 amide bonds. The molecule has 6 N–H and O–H groups in total. The molecule has 330 valence electrons. The number of morpholine rings is 1. The molecule has 8 bridgehead atoms. The van der Waals surface area contributed by atoms with Gasteiger partial charge in [0.1, 0.15) is 6.61 Å². The average Bonchev–Trinajstić information content (AvgIpc) is 3.94. The van der Waals surface area contributed by atoms with Gasteiger partial charge < -0.3 is 40.3 Å². The van der Waals surface area contributed by atoms with Crippen LogP contribution in [0.5, 0.6) is 0 Å². The van der Waals surface area contributed by atoms with E-state index >= 15 is 0 Å². The molecule has 16 heteroatoms. The van der Waals surface area contributed by atoms with Crippen LogP contribution < -0.4 is 11.1 Å². The van der Waals surface area contributed by atoms with Crippen LogP contribution in [0.3, 0.4) is 0 Å². The number of hydrogen-bond acceptors (Lipinski definition) is 12. The van der Waals surface area contributed by atoms with Crippen LogP contribution in [0.25, 0.3) is 39.3 Å². The predicted molar refractivity (Wildman–Crippen MR) is 236 cm³/mol. The number of carbonyl (C=O) groups excluding carboxylic acids is 4. The number of aryl methyl sites for hydroxylation is 2. The number of imide groups is 1. The van der Waals surface area contributed by atoms with Crippen molar-refractivity contribution in [3.8, 4) is 0 Å². The number of H-pyrrole nitrogens is 2. The summed E-state index contributed by atoms with van der Waals surface area (Å²) in [5.41, 5.74) is 15.8. The van der Waals surface area contributed by atoms with Crippen LogP contribution in [0.1, 0.15) is 112 Å². The van der Waals surface area contributed by atoms with E-state index in [9.17, 15) is 24.3 Å². The van der Waals surface area contributed by atoms with E-state index in [2.05, 4.69) is 27.1 Å². The zero-order valence-electron chi connectivity index (χ0n) is 36.3. The van der Waals surface area contributed by atoms with Crippen LogP contribution >= 0.6 is 0 Å². The van der Waals surface area contributed by atoms with Gasteiger partial charge in [0.05, 0.1) is 66.8 Å². The molecule has 3 aromatic heterocycles. The molecule has 16 nitrogen and oxygen atoms in total. The number of amides is 3. The summed E-state index contributed by atoms with van der Waals surface area (Å²) in [5.74, 6) is -2.25. The van der Waals surface area contributed by atoms with Gasteiger partial charge in [0, 0.05) is 91.4 Å². The van der Waals surface area contributed by atoms with Gasteiger partial charge in [-0.3, -0.25) is 34.0 Å². The number of ether oxygens (including phenoxy) is 3. The lowest BCUT2D eigenvalue weighted by molar-refractivity contribution is -0.144. The van der Waals surface area contributed by atoms with Gasteiger partial charge in [-0.1, -0.05) is 13.8 Å². The molecule has 0 aromatic carbocycles. The van der Waals surface area contributed by atoms with Gasteiger partial charge in [-0.25, -0.2) is 4.98 Å². The molecular weight excluding hydrogens is 793 g/mol.